The van der Waals surface area contributed by atoms with Gasteiger partial charge in [0.1, 0.15) is 22.7 Å². The first-order chi connectivity index (χ1) is 15.9. The molecule has 0 aliphatic rings. The van der Waals surface area contributed by atoms with Gasteiger partial charge in [-0.2, -0.15) is 0 Å². The van der Waals surface area contributed by atoms with Crippen LogP contribution in [0.5, 0.6) is 0 Å². The van der Waals surface area contributed by atoms with Crippen LogP contribution >= 0.6 is 11.6 Å². The number of halogens is 3. The van der Waals surface area contributed by atoms with Crippen molar-refractivity contribution < 1.29 is 8.78 Å². The highest BCUT2D eigenvalue weighted by atomic mass is 35.5. The van der Waals surface area contributed by atoms with E-state index in [0.717, 1.165) is 5.56 Å². The van der Waals surface area contributed by atoms with Crippen LogP contribution in [0.15, 0.2) is 77.9 Å². The van der Waals surface area contributed by atoms with Gasteiger partial charge in [0.15, 0.2) is 0 Å². The lowest BCUT2D eigenvalue weighted by molar-refractivity contribution is 0.574. The number of nitrogens with zero attached hydrogens (tertiary/aromatic N) is 3. The van der Waals surface area contributed by atoms with E-state index >= 15 is 0 Å². The van der Waals surface area contributed by atoms with Crippen molar-refractivity contribution in [1.82, 2.24) is 14.1 Å². The number of hydrogen-bond acceptors (Lipinski definition) is 2. The second kappa shape index (κ2) is 8.45. The first kappa shape index (κ1) is 21.3. The van der Waals surface area contributed by atoms with Gasteiger partial charge in [0.2, 0.25) is 0 Å². The minimum Gasteiger partial charge on any atom is -0.330 e. The van der Waals surface area contributed by atoms with Crippen LogP contribution in [0.4, 0.5) is 8.78 Å². The van der Waals surface area contributed by atoms with E-state index in [1.807, 2.05) is 37.3 Å². The Morgan fingerprint density at radius 2 is 1.82 bits per heavy atom. The molecule has 1 atom stereocenters. The molecule has 0 bridgehead atoms. The molecule has 3 aromatic carbocycles. The van der Waals surface area contributed by atoms with Crippen LogP contribution in [0.1, 0.15) is 24.0 Å². The van der Waals surface area contributed by atoms with Crippen LogP contribution in [0.25, 0.3) is 21.9 Å². The third-order valence-corrected chi connectivity index (χ3v) is 6.36. The molecule has 4 nitrogen and oxygen atoms in total. The highest BCUT2D eigenvalue weighted by Gasteiger charge is 2.20. The summed E-state index contributed by atoms with van der Waals surface area (Å²) in [4.78, 5) is 18.1. The van der Waals surface area contributed by atoms with Crippen LogP contribution in [0, 0.1) is 11.6 Å². The maximum atomic E-state index is 14.6. The highest BCUT2D eigenvalue weighted by molar-refractivity contribution is 6.31. The third kappa shape index (κ3) is 3.80. The first-order valence-electron chi connectivity index (χ1n) is 10.6. The zero-order valence-electron chi connectivity index (χ0n) is 17.8. The summed E-state index contributed by atoms with van der Waals surface area (Å²) in [7, 11) is 0. The van der Waals surface area contributed by atoms with Gasteiger partial charge in [0, 0.05) is 22.5 Å². The van der Waals surface area contributed by atoms with Crippen LogP contribution in [-0.4, -0.2) is 14.1 Å². The zero-order valence-corrected chi connectivity index (χ0v) is 18.6. The van der Waals surface area contributed by atoms with Crippen molar-refractivity contribution in [2.45, 2.75) is 25.9 Å². The Balaban J connectivity index is 1.70. The molecular formula is C26H20ClF2N3O. The molecule has 2 heterocycles. The van der Waals surface area contributed by atoms with Gasteiger partial charge in [-0.3, -0.25) is 9.36 Å². The third-order valence-electron chi connectivity index (χ3n) is 6.01. The van der Waals surface area contributed by atoms with Gasteiger partial charge < -0.3 is 4.57 Å². The molecule has 5 aromatic rings. The Hall–Kier alpha value is -3.51. The van der Waals surface area contributed by atoms with Gasteiger partial charge in [-0.15, -0.1) is 0 Å². The van der Waals surface area contributed by atoms with Gasteiger partial charge in [-0.05, 0) is 41.8 Å². The Bertz CT molecular complexity index is 1520. The summed E-state index contributed by atoms with van der Waals surface area (Å²) < 4.78 is 31.9. The van der Waals surface area contributed by atoms with Crippen molar-refractivity contribution >= 4 is 33.5 Å². The number of fused-ring (bicyclic) bond motifs is 3. The Labute approximate surface area is 193 Å². The number of benzene rings is 3. The summed E-state index contributed by atoms with van der Waals surface area (Å²) in [6, 6.07) is 18.6. The lowest BCUT2D eigenvalue weighted by Gasteiger charge is -2.14. The van der Waals surface area contributed by atoms with E-state index in [-0.39, 0.29) is 34.1 Å². The molecule has 0 spiro atoms. The molecule has 0 fully saturated rings. The fourth-order valence-electron chi connectivity index (χ4n) is 4.29. The molecule has 7 heteroatoms. The van der Waals surface area contributed by atoms with Crippen molar-refractivity contribution in [2.24, 2.45) is 0 Å². The second-order valence-electron chi connectivity index (χ2n) is 8.16. The minimum absolute atomic E-state index is 0.0202. The maximum Gasteiger partial charge on any atom is 0.277 e. The monoisotopic (exact) mass is 463 g/mol. The van der Waals surface area contributed by atoms with E-state index in [2.05, 4.69) is 4.98 Å². The molecule has 33 heavy (non-hydrogen) atoms. The summed E-state index contributed by atoms with van der Waals surface area (Å²) in [5, 5.41) is 0.756. The van der Waals surface area contributed by atoms with Gasteiger partial charge in [0.25, 0.3) is 5.56 Å². The van der Waals surface area contributed by atoms with E-state index < -0.39 is 11.6 Å². The van der Waals surface area contributed by atoms with Gasteiger partial charge in [-0.1, -0.05) is 54.9 Å². The number of aromatic nitrogens is 3. The van der Waals surface area contributed by atoms with Crippen molar-refractivity contribution in [3.63, 3.8) is 0 Å². The SMILES string of the molecule is C[C@@H](Cn1cnc2c3cc(F)ccc3n(Cc3c(F)cccc3Cl)c2c1=O)c1ccccc1. The normalized spacial score (nSPS) is 12.5. The summed E-state index contributed by atoms with van der Waals surface area (Å²) >= 11 is 6.27. The van der Waals surface area contributed by atoms with Crippen molar-refractivity contribution in [3.05, 3.63) is 111 Å². The van der Waals surface area contributed by atoms with E-state index in [0.29, 0.717) is 23.0 Å². The lowest BCUT2D eigenvalue weighted by atomic mass is 10.0. The summed E-state index contributed by atoms with van der Waals surface area (Å²) in [6.07, 6.45) is 1.49. The quantitative estimate of drug-likeness (QED) is 0.314. The standard InChI is InChI=1S/C26H20ClF2N3O/c1-16(17-6-3-2-4-7-17)13-31-15-30-24-19-12-18(28)10-11-23(19)32(25(24)26(31)33)14-20-21(27)8-5-9-22(20)29/h2-12,15-16H,13-14H2,1H3/t16-/m0/s1. The maximum absolute atomic E-state index is 14.6. The lowest BCUT2D eigenvalue weighted by Crippen LogP contribution is -2.25. The molecule has 0 aliphatic heterocycles. The van der Waals surface area contributed by atoms with Crippen LogP contribution < -0.4 is 5.56 Å². The average Bonchev–Trinajstić information content (AvgIpc) is 3.12. The predicted molar refractivity (Wildman–Crippen MR) is 127 cm³/mol. The first-order valence-corrected chi connectivity index (χ1v) is 11.0. The molecule has 0 N–H and O–H groups in total. The van der Waals surface area contributed by atoms with Gasteiger partial charge >= 0.3 is 0 Å². The van der Waals surface area contributed by atoms with Crippen LogP contribution in [-0.2, 0) is 13.1 Å². The molecule has 166 valence electrons. The average molecular weight is 464 g/mol. The second-order valence-corrected chi connectivity index (χ2v) is 8.57. The molecule has 0 aliphatic carbocycles. The Kier molecular flexibility index (Phi) is 5.46. The molecule has 2 aromatic heterocycles. The van der Waals surface area contributed by atoms with Crippen LogP contribution in [0.2, 0.25) is 5.02 Å². The molecule has 0 amide bonds. The van der Waals surface area contributed by atoms with Gasteiger partial charge in [0.05, 0.1) is 18.4 Å². The zero-order chi connectivity index (χ0) is 23.1. The summed E-state index contributed by atoms with van der Waals surface area (Å²) in [5.41, 5.74) is 2.35. The van der Waals surface area contributed by atoms with Crippen molar-refractivity contribution in [3.8, 4) is 0 Å². The molecular weight excluding hydrogens is 444 g/mol. The molecule has 0 unspecified atom stereocenters. The molecule has 0 radical (unpaired) electrons. The summed E-state index contributed by atoms with van der Waals surface area (Å²) in [5.74, 6) is -0.838. The largest absolute Gasteiger partial charge is 0.330 e. The smallest absolute Gasteiger partial charge is 0.277 e. The fourth-order valence-corrected chi connectivity index (χ4v) is 4.51. The molecule has 0 saturated heterocycles. The predicted octanol–water partition coefficient (Wildman–Crippen LogP) is 6.13. The van der Waals surface area contributed by atoms with E-state index in [4.69, 9.17) is 11.6 Å². The summed E-state index contributed by atoms with van der Waals surface area (Å²) in [6.45, 7) is 2.48. The van der Waals surface area contributed by atoms with E-state index in [1.54, 1.807) is 21.3 Å². The molecule has 0 saturated carbocycles. The van der Waals surface area contributed by atoms with Crippen molar-refractivity contribution in [2.75, 3.05) is 0 Å². The van der Waals surface area contributed by atoms with Crippen molar-refractivity contribution in [1.29, 1.82) is 0 Å². The fraction of sp³-hybridized carbons (Fsp3) is 0.154. The topological polar surface area (TPSA) is 39.8 Å². The Morgan fingerprint density at radius 1 is 1.03 bits per heavy atom. The van der Waals surface area contributed by atoms with Crippen LogP contribution in [0.3, 0.4) is 0 Å². The molecule has 5 rings (SSSR count). The Morgan fingerprint density at radius 3 is 2.58 bits per heavy atom. The van der Waals surface area contributed by atoms with E-state index in [9.17, 15) is 13.6 Å². The minimum atomic E-state index is -0.471. The number of hydrogen-bond donors (Lipinski definition) is 0. The van der Waals surface area contributed by atoms with E-state index in [1.165, 1.54) is 30.6 Å². The highest BCUT2D eigenvalue weighted by Crippen LogP contribution is 2.29. The number of rotatable bonds is 5. The van der Waals surface area contributed by atoms with Gasteiger partial charge in [-0.25, -0.2) is 13.8 Å².